The minimum Gasteiger partial charge on any atom is -0.376 e. The molecule has 1 saturated carbocycles. The Balaban J connectivity index is 1.38. The number of morpholine rings is 1. The number of aryl methyl sites for hydroxylation is 1. The second kappa shape index (κ2) is 7.36. The monoisotopic (exact) mass is 403 g/mol. The van der Waals surface area contributed by atoms with Crippen LogP contribution in [0.1, 0.15) is 55.0 Å². The van der Waals surface area contributed by atoms with Gasteiger partial charge in [0.1, 0.15) is 17.8 Å². The van der Waals surface area contributed by atoms with Crippen molar-refractivity contribution < 1.29 is 4.74 Å². The van der Waals surface area contributed by atoms with Gasteiger partial charge in [-0.05, 0) is 55.7 Å². The molecule has 156 valence electrons. The van der Waals surface area contributed by atoms with Crippen LogP contribution in [0.3, 0.4) is 0 Å². The summed E-state index contributed by atoms with van der Waals surface area (Å²) in [7, 11) is 0. The highest BCUT2D eigenvalue weighted by Gasteiger charge is 2.36. The predicted octanol–water partition coefficient (Wildman–Crippen LogP) is 4.02. The lowest BCUT2D eigenvalue weighted by molar-refractivity contribution is -0.0391. The third-order valence-electron chi connectivity index (χ3n) is 6.98. The molecule has 3 aliphatic rings. The normalized spacial score (nSPS) is 27.2. The predicted molar refractivity (Wildman–Crippen MR) is 118 cm³/mol. The van der Waals surface area contributed by atoms with E-state index in [1.807, 2.05) is 0 Å². The largest absolute Gasteiger partial charge is 0.376 e. The summed E-state index contributed by atoms with van der Waals surface area (Å²) in [6.45, 7) is 4.97. The molecule has 1 aliphatic heterocycles. The van der Waals surface area contributed by atoms with E-state index in [2.05, 4.69) is 62.4 Å². The maximum absolute atomic E-state index is 5.82. The first-order valence-electron chi connectivity index (χ1n) is 11.3. The lowest BCUT2D eigenvalue weighted by atomic mass is 9.83. The standard InChI is InChI=1S/C24H29N5O/c1-15-13-29(10-11-30-15)21-9-8-16-4-2-3-5-18(16)22(21)28-24-19-12-20(17-6-7-17)27-23(19)25-14-26-24/h2-5,12,14-15,17,21-22H,6-11,13H2,1H3,(H2,25,26,27,28)/t15-,21-,22-/m1/s1. The lowest BCUT2D eigenvalue weighted by Crippen LogP contribution is -2.51. The Hall–Kier alpha value is -2.44. The van der Waals surface area contributed by atoms with E-state index in [9.17, 15) is 0 Å². The van der Waals surface area contributed by atoms with Crippen LogP contribution in [0.25, 0.3) is 11.0 Å². The van der Waals surface area contributed by atoms with Crippen molar-refractivity contribution in [2.24, 2.45) is 0 Å². The number of nitrogens with zero attached hydrogens (tertiary/aromatic N) is 3. The number of H-pyrrole nitrogens is 1. The molecule has 2 N–H and O–H groups in total. The Bertz CT molecular complexity index is 1060. The Labute approximate surface area is 177 Å². The lowest BCUT2D eigenvalue weighted by Gasteiger charge is -2.44. The van der Waals surface area contributed by atoms with Gasteiger partial charge in [-0.15, -0.1) is 0 Å². The molecular weight excluding hydrogens is 374 g/mol. The second-order valence-corrected chi connectivity index (χ2v) is 9.09. The molecular formula is C24H29N5O. The number of fused-ring (bicyclic) bond motifs is 2. The molecule has 3 aromatic rings. The molecule has 3 atom stereocenters. The fourth-order valence-electron chi connectivity index (χ4n) is 5.29. The number of hydrogen-bond donors (Lipinski definition) is 2. The van der Waals surface area contributed by atoms with E-state index in [0.717, 1.165) is 49.4 Å². The van der Waals surface area contributed by atoms with Gasteiger partial charge in [0.05, 0.1) is 24.1 Å². The molecule has 1 aromatic carbocycles. The number of rotatable bonds is 4. The van der Waals surface area contributed by atoms with Crippen LogP contribution in [0.5, 0.6) is 0 Å². The van der Waals surface area contributed by atoms with Gasteiger partial charge in [-0.1, -0.05) is 24.3 Å². The van der Waals surface area contributed by atoms with Crippen LogP contribution in [0.4, 0.5) is 5.82 Å². The minimum atomic E-state index is 0.206. The highest BCUT2D eigenvalue weighted by atomic mass is 16.5. The SMILES string of the molecule is C[C@@H]1CN([C@@H]2CCc3ccccc3[C@H]2Nc2ncnc3[nH]c(C4CC4)cc23)CCO1. The first-order chi connectivity index (χ1) is 14.8. The zero-order chi connectivity index (χ0) is 20.1. The van der Waals surface area contributed by atoms with Gasteiger partial charge in [-0.3, -0.25) is 4.90 Å². The highest BCUT2D eigenvalue weighted by Crippen LogP contribution is 2.42. The van der Waals surface area contributed by atoms with Crippen LogP contribution in [-0.2, 0) is 11.2 Å². The summed E-state index contributed by atoms with van der Waals surface area (Å²) in [5, 5.41) is 4.97. The van der Waals surface area contributed by atoms with Gasteiger partial charge in [0.2, 0.25) is 0 Å². The Kier molecular flexibility index (Phi) is 4.50. The van der Waals surface area contributed by atoms with Gasteiger partial charge in [0.15, 0.2) is 0 Å². The Morgan fingerprint density at radius 3 is 2.93 bits per heavy atom. The van der Waals surface area contributed by atoms with E-state index < -0.39 is 0 Å². The van der Waals surface area contributed by atoms with E-state index in [4.69, 9.17) is 4.74 Å². The van der Waals surface area contributed by atoms with Crippen molar-refractivity contribution in [1.29, 1.82) is 0 Å². The van der Waals surface area contributed by atoms with E-state index in [-0.39, 0.29) is 12.1 Å². The number of anilines is 1. The maximum atomic E-state index is 5.82. The van der Waals surface area contributed by atoms with Crippen LogP contribution in [-0.4, -0.2) is 51.7 Å². The molecule has 0 amide bonds. The van der Waals surface area contributed by atoms with Crippen LogP contribution in [0.15, 0.2) is 36.7 Å². The van der Waals surface area contributed by atoms with E-state index >= 15 is 0 Å². The summed E-state index contributed by atoms with van der Waals surface area (Å²) in [6, 6.07) is 11.8. The summed E-state index contributed by atoms with van der Waals surface area (Å²) in [4.78, 5) is 15.3. The number of hydrogen-bond acceptors (Lipinski definition) is 5. The van der Waals surface area contributed by atoms with Gasteiger partial charge >= 0.3 is 0 Å². The maximum Gasteiger partial charge on any atom is 0.143 e. The topological polar surface area (TPSA) is 66.1 Å². The second-order valence-electron chi connectivity index (χ2n) is 9.09. The summed E-state index contributed by atoms with van der Waals surface area (Å²) in [5.41, 5.74) is 5.09. The zero-order valence-electron chi connectivity index (χ0n) is 17.5. The van der Waals surface area contributed by atoms with Crippen LogP contribution in [0, 0.1) is 0 Å². The van der Waals surface area contributed by atoms with Crippen molar-refractivity contribution in [2.45, 2.75) is 56.7 Å². The summed E-state index contributed by atoms with van der Waals surface area (Å²) in [5.74, 6) is 1.61. The number of aromatic amines is 1. The van der Waals surface area contributed by atoms with Crippen molar-refractivity contribution in [2.75, 3.05) is 25.0 Å². The van der Waals surface area contributed by atoms with Crippen molar-refractivity contribution in [1.82, 2.24) is 19.9 Å². The average molecular weight is 404 g/mol. The van der Waals surface area contributed by atoms with Crippen LogP contribution < -0.4 is 5.32 Å². The molecule has 2 fully saturated rings. The van der Waals surface area contributed by atoms with Gasteiger partial charge in [0, 0.05) is 24.8 Å². The smallest absolute Gasteiger partial charge is 0.143 e. The number of ether oxygens (including phenoxy) is 1. The fourth-order valence-corrected chi connectivity index (χ4v) is 5.29. The fraction of sp³-hybridized carbons (Fsp3) is 0.500. The molecule has 3 heterocycles. The van der Waals surface area contributed by atoms with Crippen molar-refractivity contribution in [3.8, 4) is 0 Å². The number of nitrogens with one attached hydrogen (secondary N) is 2. The van der Waals surface area contributed by atoms with Gasteiger partial charge in [0.25, 0.3) is 0 Å². The van der Waals surface area contributed by atoms with E-state index in [1.165, 1.54) is 29.7 Å². The average Bonchev–Trinajstić information content (AvgIpc) is 3.53. The molecule has 0 radical (unpaired) electrons. The first kappa shape index (κ1) is 18.3. The van der Waals surface area contributed by atoms with Crippen molar-refractivity contribution in [3.63, 3.8) is 0 Å². The molecule has 30 heavy (non-hydrogen) atoms. The van der Waals surface area contributed by atoms with Crippen LogP contribution in [0.2, 0.25) is 0 Å². The molecule has 0 spiro atoms. The Morgan fingerprint density at radius 2 is 2.07 bits per heavy atom. The zero-order valence-corrected chi connectivity index (χ0v) is 17.5. The first-order valence-corrected chi connectivity index (χ1v) is 11.3. The third-order valence-corrected chi connectivity index (χ3v) is 6.98. The molecule has 6 nitrogen and oxygen atoms in total. The molecule has 2 aliphatic carbocycles. The van der Waals surface area contributed by atoms with Crippen LogP contribution >= 0.6 is 0 Å². The number of aromatic nitrogens is 3. The quantitative estimate of drug-likeness (QED) is 0.689. The van der Waals surface area contributed by atoms with Gasteiger partial charge < -0.3 is 15.0 Å². The van der Waals surface area contributed by atoms with Gasteiger partial charge in [-0.2, -0.15) is 0 Å². The molecule has 6 heteroatoms. The van der Waals surface area contributed by atoms with Crippen molar-refractivity contribution >= 4 is 16.9 Å². The van der Waals surface area contributed by atoms with Crippen molar-refractivity contribution in [3.05, 3.63) is 53.5 Å². The molecule has 6 rings (SSSR count). The molecule has 1 saturated heterocycles. The Morgan fingerprint density at radius 1 is 1.17 bits per heavy atom. The highest BCUT2D eigenvalue weighted by molar-refractivity contribution is 5.88. The van der Waals surface area contributed by atoms with E-state index in [0.29, 0.717) is 12.0 Å². The summed E-state index contributed by atoms with van der Waals surface area (Å²) in [6.07, 6.45) is 6.79. The summed E-state index contributed by atoms with van der Waals surface area (Å²) < 4.78 is 5.82. The van der Waals surface area contributed by atoms with E-state index in [1.54, 1.807) is 6.33 Å². The molecule has 0 bridgehead atoms. The van der Waals surface area contributed by atoms with Gasteiger partial charge in [-0.25, -0.2) is 9.97 Å². The third kappa shape index (κ3) is 3.28. The summed E-state index contributed by atoms with van der Waals surface area (Å²) >= 11 is 0. The molecule has 0 unspecified atom stereocenters. The molecule has 2 aromatic heterocycles. The minimum absolute atomic E-state index is 0.206. The number of benzene rings is 1.